The predicted octanol–water partition coefficient (Wildman–Crippen LogP) is 4.72. The van der Waals surface area contributed by atoms with E-state index in [2.05, 4.69) is 0 Å². The van der Waals surface area contributed by atoms with Gasteiger partial charge in [-0.1, -0.05) is 24.3 Å². The summed E-state index contributed by atoms with van der Waals surface area (Å²) in [6, 6.07) is 19.2. The zero-order valence-corrected chi connectivity index (χ0v) is 27.7. The van der Waals surface area contributed by atoms with Crippen molar-refractivity contribution in [3.05, 3.63) is 118 Å². The topological polar surface area (TPSA) is 223 Å². The van der Waals surface area contributed by atoms with Crippen molar-refractivity contribution in [2.24, 2.45) is 0 Å². The minimum absolute atomic E-state index is 0.00579. The molecule has 4 aromatic carbocycles. The molecule has 1 saturated heterocycles. The average Bonchev–Trinajstić information content (AvgIpc) is 3.12. The molecule has 6 rings (SSSR count). The summed E-state index contributed by atoms with van der Waals surface area (Å²) in [5, 5.41) is 60.6. The van der Waals surface area contributed by atoms with E-state index < -0.39 is 65.3 Å². The molecule has 0 amide bonds. The van der Waals surface area contributed by atoms with E-state index in [1.165, 1.54) is 79.7 Å². The number of phenols is 5. The molecule has 1 aliphatic rings. The first-order chi connectivity index (χ1) is 25.4. The van der Waals surface area contributed by atoms with Crippen molar-refractivity contribution in [2.45, 2.75) is 37.6 Å². The fourth-order valence-corrected chi connectivity index (χ4v) is 5.48. The van der Waals surface area contributed by atoms with Crippen molar-refractivity contribution < 1.29 is 63.6 Å². The Bertz CT molecular complexity index is 2240. The van der Waals surface area contributed by atoms with Gasteiger partial charge >= 0.3 is 11.9 Å². The van der Waals surface area contributed by atoms with Crippen molar-refractivity contribution in [1.29, 1.82) is 0 Å². The van der Waals surface area contributed by atoms with E-state index in [4.69, 9.17) is 23.4 Å². The highest BCUT2D eigenvalue weighted by Crippen LogP contribution is 2.38. The van der Waals surface area contributed by atoms with E-state index in [0.717, 1.165) is 24.3 Å². The van der Waals surface area contributed by atoms with Crippen LogP contribution in [0.3, 0.4) is 0 Å². The van der Waals surface area contributed by atoms with Crippen molar-refractivity contribution in [1.82, 2.24) is 0 Å². The lowest BCUT2D eigenvalue weighted by atomic mass is 9.99. The Kier molecular flexibility index (Phi) is 10.4. The molecular formula is C39H32O14. The van der Waals surface area contributed by atoms with E-state index in [9.17, 15) is 45.0 Å². The molecule has 5 atom stereocenters. The molecular weight excluding hydrogens is 692 g/mol. The Morgan fingerprint density at radius 3 is 1.75 bits per heavy atom. The van der Waals surface area contributed by atoms with Gasteiger partial charge in [0.1, 0.15) is 45.8 Å². The highest BCUT2D eigenvalue weighted by Gasteiger charge is 2.50. The van der Waals surface area contributed by atoms with Gasteiger partial charge in [0.05, 0.1) is 6.10 Å². The number of rotatable bonds is 9. The molecule has 272 valence electrons. The lowest BCUT2D eigenvalue weighted by Crippen LogP contribution is -2.61. The van der Waals surface area contributed by atoms with Crippen LogP contribution in [-0.4, -0.2) is 73.3 Å². The highest BCUT2D eigenvalue weighted by atomic mass is 16.7. The summed E-state index contributed by atoms with van der Waals surface area (Å²) >= 11 is 0. The number of esters is 2. The number of hydrogen-bond acceptors (Lipinski definition) is 14. The predicted molar refractivity (Wildman–Crippen MR) is 188 cm³/mol. The number of carbonyl (C=O) groups excluding carboxylic acids is 2. The first-order valence-corrected chi connectivity index (χ1v) is 16.0. The van der Waals surface area contributed by atoms with Gasteiger partial charge in [-0.25, -0.2) is 9.59 Å². The standard InChI is InChI=1S/C39H32O14/c1-20-33(47)36(51-30(45)16-6-21-2-10-24(40)11-3-21)38(52-31(46)17-7-22-4-12-25(41)13-5-22)39(49-20)53-37-34(48)32-28(44)18-27(43)19-29(32)50-35(37)23-8-14-26(42)15-9-23/h2-20,33,36,38-44,47H,1H3/t20?,33-,36?,38-,39-/m0/s1. The number of benzene rings is 4. The van der Waals surface area contributed by atoms with Gasteiger partial charge in [0, 0.05) is 29.8 Å². The van der Waals surface area contributed by atoms with Gasteiger partial charge in [-0.15, -0.1) is 0 Å². The van der Waals surface area contributed by atoms with Crippen LogP contribution in [0, 0.1) is 0 Å². The summed E-state index contributed by atoms with van der Waals surface area (Å²) in [5.41, 5.74) is 0.103. The maximum absolute atomic E-state index is 14.0. The van der Waals surface area contributed by atoms with Crippen LogP contribution in [0.4, 0.5) is 0 Å². The van der Waals surface area contributed by atoms with Crippen LogP contribution in [0.25, 0.3) is 34.4 Å². The van der Waals surface area contributed by atoms with Gasteiger partial charge < -0.3 is 54.0 Å². The number of phenolic OH excluding ortho intramolecular Hbond substituents is 5. The smallest absolute Gasteiger partial charge is 0.331 e. The molecule has 0 spiro atoms. The Hall–Kier alpha value is -6.77. The molecule has 0 aliphatic carbocycles. The van der Waals surface area contributed by atoms with Gasteiger partial charge in [0.25, 0.3) is 0 Å². The Balaban J connectivity index is 1.40. The van der Waals surface area contributed by atoms with Crippen LogP contribution in [0.2, 0.25) is 0 Å². The van der Waals surface area contributed by atoms with E-state index in [1.54, 1.807) is 12.1 Å². The van der Waals surface area contributed by atoms with Crippen LogP contribution >= 0.6 is 0 Å². The number of ether oxygens (including phenoxy) is 4. The van der Waals surface area contributed by atoms with Gasteiger partial charge in [-0.05, 0) is 78.7 Å². The number of hydrogen-bond donors (Lipinski definition) is 6. The SMILES string of the molecule is CC1O[C@@H](Oc2c(-c3ccc(O)cc3)oc3cc(O)cc(O)c3c2=O)[C@@H](OC(=O)C=Cc2ccc(O)cc2)C(OC(=O)C=Cc2ccc(O)cc2)[C@H]1O. The number of aromatic hydroxyl groups is 5. The van der Waals surface area contributed by atoms with Gasteiger partial charge in [-0.2, -0.15) is 0 Å². The molecule has 14 nitrogen and oxygen atoms in total. The lowest BCUT2D eigenvalue weighted by molar-refractivity contribution is -0.276. The molecule has 1 aliphatic heterocycles. The van der Waals surface area contributed by atoms with E-state index in [-0.39, 0.29) is 39.5 Å². The number of fused-ring (bicyclic) bond motifs is 1. The maximum atomic E-state index is 14.0. The number of aliphatic hydroxyl groups excluding tert-OH is 1. The lowest BCUT2D eigenvalue weighted by Gasteiger charge is -2.41. The Morgan fingerprint density at radius 1 is 0.698 bits per heavy atom. The second kappa shape index (κ2) is 15.2. The second-order valence-corrected chi connectivity index (χ2v) is 11.9. The summed E-state index contributed by atoms with van der Waals surface area (Å²) in [7, 11) is 0. The quantitative estimate of drug-likeness (QED) is 0.0894. The number of carbonyl (C=O) groups is 2. The monoisotopic (exact) mass is 724 g/mol. The Labute approximate surface area is 300 Å². The first kappa shape index (κ1) is 36.0. The Morgan fingerprint density at radius 2 is 1.21 bits per heavy atom. The summed E-state index contributed by atoms with van der Waals surface area (Å²) < 4.78 is 29.3. The third kappa shape index (κ3) is 8.25. The number of aliphatic hydroxyl groups is 1. The van der Waals surface area contributed by atoms with E-state index >= 15 is 0 Å². The summed E-state index contributed by atoms with van der Waals surface area (Å²) in [6.45, 7) is 1.43. The molecule has 0 bridgehead atoms. The first-order valence-electron chi connectivity index (χ1n) is 16.0. The maximum Gasteiger partial charge on any atom is 0.331 e. The van der Waals surface area contributed by atoms with Crippen LogP contribution < -0.4 is 10.2 Å². The summed E-state index contributed by atoms with van der Waals surface area (Å²) in [5.74, 6) is -3.89. The summed E-state index contributed by atoms with van der Waals surface area (Å²) in [6.07, 6.45) is -3.00. The molecule has 0 saturated carbocycles. The molecule has 6 N–H and O–H groups in total. The minimum atomic E-state index is -1.76. The molecule has 0 radical (unpaired) electrons. The zero-order chi connectivity index (χ0) is 37.8. The largest absolute Gasteiger partial charge is 0.508 e. The zero-order valence-electron chi connectivity index (χ0n) is 27.7. The van der Waals surface area contributed by atoms with Gasteiger partial charge in [0.2, 0.25) is 23.6 Å². The minimum Gasteiger partial charge on any atom is -0.508 e. The van der Waals surface area contributed by atoms with E-state index in [1.807, 2.05) is 0 Å². The van der Waals surface area contributed by atoms with Gasteiger partial charge in [0.15, 0.2) is 11.9 Å². The van der Waals surface area contributed by atoms with Crippen LogP contribution in [-0.2, 0) is 23.8 Å². The highest BCUT2D eigenvalue weighted by molar-refractivity contribution is 5.89. The molecule has 1 aromatic heterocycles. The third-order valence-corrected chi connectivity index (χ3v) is 8.15. The van der Waals surface area contributed by atoms with E-state index in [0.29, 0.717) is 11.1 Å². The van der Waals surface area contributed by atoms with Crippen molar-refractivity contribution in [3.8, 4) is 45.8 Å². The normalized spacial score (nSPS) is 20.1. The van der Waals surface area contributed by atoms with Gasteiger partial charge in [-0.3, -0.25) is 4.79 Å². The molecule has 5 aromatic rings. The molecule has 2 unspecified atom stereocenters. The average molecular weight is 725 g/mol. The van der Waals surface area contributed by atoms with Crippen molar-refractivity contribution in [3.63, 3.8) is 0 Å². The summed E-state index contributed by atoms with van der Waals surface area (Å²) in [4.78, 5) is 40.4. The molecule has 1 fully saturated rings. The van der Waals surface area contributed by atoms with Crippen molar-refractivity contribution >= 4 is 35.1 Å². The molecule has 2 heterocycles. The molecule has 14 heteroatoms. The fraction of sp³-hybridized carbons (Fsp3) is 0.154. The fourth-order valence-electron chi connectivity index (χ4n) is 5.48. The van der Waals surface area contributed by atoms with Crippen molar-refractivity contribution in [2.75, 3.05) is 0 Å². The second-order valence-electron chi connectivity index (χ2n) is 11.9. The van der Waals surface area contributed by atoms with Crippen LogP contribution in [0.15, 0.2) is 106 Å². The molecule has 53 heavy (non-hydrogen) atoms. The third-order valence-electron chi connectivity index (χ3n) is 8.15. The van der Waals surface area contributed by atoms with Crippen LogP contribution in [0.5, 0.6) is 34.5 Å². The van der Waals surface area contributed by atoms with Crippen LogP contribution in [0.1, 0.15) is 18.1 Å².